The van der Waals surface area contributed by atoms with Crippen LogP contribution < -0.4 is 0 Å². The van der Waals surface area contributed by atoms with Gasteiger partial charge in [-0.25, -0.2) is 0 Å². The van der Waals surface area contributed by atoms with Crippen molar-refractivity contribution in [2.45, 2.75) is 33.1 Å². The molecule has 1 aliphatic rings. The minimum Gasteiger partial charge on any atom is -0.294 e. The van der Waals surface area contributed by atoms with Gasteiger partial charge in [0.25, 0.3) is 0 Å². The number of rotatable bonds is 2. The molecule has 0 aliphatic heterocycles. The summed E-state index contributed by atoms with van der Waals surface area (Å²) in [5, 5.41) is 0.857. The lowest BCUT2D eigenvalue weighted by Crippen LogP contribution is -2.26. The van der Waals surface area contributed by atoms with Crippen molar-refractivity contribution in [2.24, 2.45) is 17.8 Å². The third-order valence-corrected chi connectivity index (χ3v) is 5.00. The molecule has 2 rings (SSSR count). The van der Waals surface area contributed by atoms with Gasteiger partial charge < -0.3 is 0 Å². The van der Waals surface area contributed by atoms with Crippen LogP contribution in [0.2, 0.25) is 10.0 Å². The second-order valence-corrected chi connectivity index (χ2v) is 6.22. The molecule has 0 radical (unpaired) electrons. The Morgan fingerprint density at radius 1 is 1.17 bits per heavy atom. The van der Waals surface area contributed by atoms with Gasteiger partial charge in [-0.05, 0) is 43.2 Å². The van der Waals surface area contributed by atoms with Crippen LogP contribution in [0.15, 0.2) is 18.2 Å². The number of carbonyl (C=O) groups excluding carboxylic acids is 1. The van der Waals surface area contributed by atoms with Gasteiger partial charge >= 0.3 is 0 Å². The van der Waals surface area contributed by atoms with Crippen molar-refractivity contribution in [3.8, 4) is 0 Å². The summed E-state index contributed by atoms with van der Waals surface area (Å²) < 4.78 is 0. The predicted octanol–water partition coefficient (Wildman–Crippen LogP) is 5.25. The number of carbonyl (C=O) groups is 1. The second kappa shape index (κ2) is 5.63. The number of ketones is 1. The zero-order valence-electron chi connectivity index (χ0n) is 10.7. The van der Waals surface area contributed by atoms with E-state index in [0.29, 0.717) is 27.4 Å². The van der Waals surface area contributed by atoms with E-state index in [1.54, 1.807) is 18.2 Å². The fraction of sp³-hybridized carbons (Fsp3) is 0.533. The van der Waals surface area contributed by atoms with E-state index >= 15 is 0 Å². The number of hydrogen-bond acceptors (Lipinski definition) is 1. The highest BCUT2D eigenvalue weighted by molar-refractivity contribution is 6.43. The molecule has 1 nitrogen and oxygen atoms in total. The molecule has 18 heavy (non-hydrogen) atoms. The number of hydrogen-bond donors (Lipinski definition) is 0. The summed E-state index contributed by atoms with van der Waals surface area (Å²) in [5.74, 6) is 1.57. The Labute approximate surface area is 118 Å². The van der Waals surface area contributed by atoms with E-state index < -0.39 is 0 Å². The van der Waals surface area contributed by atoms with Crippen molar-refractivity contribution in [1.29, 1.82) is 0 Å². The third kappa shape index (κ3) is 2.73. The Bertz CT molecular complexity index is 456. The summed E-state index contributed by atoms with van der Waals surface area (Å²) >= 11 is 12.1. The smallest absolute Gasteiger partial charge is 0.167 e. The molecule has 0 amide bonds. The van der Waals surface area contributed by atoms with Crippen LogP contribution in [0.1, 0.15) is 43.5 Å². The molecule has 0 saturated heterocycles. The molecule has 1 saturated carbocycles. The molecular formula is C15H18Cl2O. The van der Waals surface area contributed by atoms with Gasteiger partial charge in [-0.1, -0.05) is 43.1 Å². The number of halogens is 2. The zero-order valence-corrected chi connectivity index (χ0v) is 12.3. The van der Waals surface area contributed by atoms with E-state index in [4.69, 9.17) is 23.2 Å². The quantitative estimate of drug-likeness (QED) is 0.678. The first-order valence-electron chi connectivity index (χ1n) is 6.49. The highest BCUT2D eigenvalue weighted by Crippen LogP contribution is 2.37. The van der Waals surface area contributed by atoms with Gasteiger partial charge in [-0.15, -0.1) is 0 Å². The van der Waals surface area contributed by atoms with Crippen LogP contribution in [0.5, 0.6) is 0 Å². The summed E-state index contributed by atoms with van der Waals surface area (Å²) in [6.45, 7) is 4.49. The van der Waals surface area contributed by atoms with Gasteiger partial charge in [0.15, 0.2) is 5.78 Å². The summed E-state index contributed by atoms with van der Waals surface area (Å²) in [5.41, 5.74) is 0.580. The predicted molar refractivity (Wildman–Crippen MR) is 76.5 cm³/mol. The molecule has 1 fully saturated rings. The van der Waals surface area contributed by atoms with E-state index in [1.165, 1.54) is 0 Å². The highest BCUT2D eigenvalue weighted by atomic mass is 35.5. The van der Waals surface area contributed by atoms with Gasteiger partial charge in [-0.3, -0.25) is 4.79 Å². The molecule has 0 bridgehead atoms. The van der Waals surface area contributed by atoms with E-state index in [2.05, 4.69) is 13.8 Å². The minimum atomic E-state index is 0.104. The molecule has 1 aromatic rings. The van der Waals surface area contributed by atoms with Crippen LogP contribution in [-0.4, -0.2) is 5.78 Å². The number of Topliss-reactive ketones (excluding diaryl/α,β-unsaturated/α-hetero) is 1. The van der Waals surface area contributed by atoms with E-state index in [0.717, 1.165) is 19.3 Å². The maximum absolute atomic E-state index is 12.5. The maximum atomic E-state index is 12.5. The van der Waals surface area contributed by atoms with Crippen molar-refractivity contribution in [2.75, 3.05) is 0 Å². The highest BCUT2D eigenvalue weighted by Gasteiger charge is 2.30. The molecule has 3 atom stereocenters. The van der Waals surface area contributed by atoms with Crippen LogP contribution in [-0.2, 0) is 0 Å². The van der Waals surface area contributed by atoms with Crippen LogP contribution in [0.3, 0.4) is 0 Å². The Morgan fingerprint density at radius 3 is 2.56 bits per heavy atom. The summed E-state index contributed by atoms with van der Waals surface area (Å²) in [6, 6.07) is 5.28. The van der Waals surface area contributed by atoms with Crippen molar-refractivity contribution in [1.82, 2.24) is 0 Å². The summed E-state index contributed by atoms with van der Waals surface area (Å²) in [7, 11) is 0. The molecular weight excluding hydrogens is 267 g/mol. The van der Waals surface area contributed by atoms with E-state index in [1.807, 2.05) is 0 Å². The molecule has 1 aliphatic carbocycles. The Kier molecular flexibility index (Phi) is 4.34. The summed E-state index contributed by atoms with van der Waals surface area (Å²) in [6.07, 6.45) is 3.05. The molecule has 0 heterocycles. The lowest BCUT2D eigenvalue weighted by Gasteiger charge is -2.31. The maximum Gasteiger partial charge on any atom is 0.167 e. The molecule has 1 aromatic carbocycles. The molecule has 0 spiro atoms. The van der Waals surface area contributed by atoms with Crippen LogP contribution in [0.4, 0.5) is 0 Å². The molecule has 98 valence electrons. The molecule has 3 unspecified atom stereocenters. The first-order valence-corrected chi connectivity index (χ1v) is 7.24. The lowest BCUT2D eigenvalue weighted by atomic mass is 9.73. The topological polar surface area (TPSA) is 17.1 Å². The van der Waals surface area contributed by atoms with Crippen LogP contribution >= 0.6 is 23.2 Å². The number of benzene rings is 1. The summed E-state index contributed by atoms with van der Waals surface area (Å²) in [4.78, 5) is 12.5. The first kappa shape index (κ1) is 13.9. The van der Waals surface area contributed by atoms with Gasteiger partial charge in [0.1, 0.15) is 0 Å². The zero-order chi connectivity index (χ0) is 13.3. The largest absolute Gasteiger partial charge is 0.294 e. The van der Waals surface area contributed by atoms with Crippen molar-refractivity contribution in [3.63, 3.8) is 0 Å². The molecule has 0 aromatic heterocycles. The average molecular weight is 285 g/mol. The van der Waals surface area contributed by atoms with Gasteiger partial charge in [0.05, 0.1) is 10.0 Å². The lowest BCUT2D eigenvalue weighted by molar-refractivity contribution is 0.0838. The van der Waals surface area contributed by atoms with Crippen molar-refractivity contribution in [3.05, 3.63) is 33.8 Å². The van der Waals surface area contributed by atoms with Crippen LogP contribution in [0.25, 0.3) is 0 Å². The molecule has 3 heteroatoms. The van der Waals surface area contributed by atoms with Gasteiger partial charge in [0, 0.05) is 11.5 Å². The second-order valence-electron chi connectivity index (χ2n) is 5.43. The fourth-order valence-electron chi connectivity index (χ4n) is 2.70. The van der Waals surface area contributed by atoms with E-state index in [-0.39, 0.29) is 11.7 Å². The Balaban J connectivity index is 2.19. The van der Waals surface area contributed by atoms with Gasteiger partial charge in [0.2, 0.25) is 0 Å². The van der Waals surface area contributed by atoms with E-state index in [9.17, 15) is 4.79 Å². The Morgan fingerprint density at radius 2 is 1.89 bits per heavy atom. The molecule has 0 N–H and O–H groups in total. The Hall–Kier alpha value is -0.530. The standard InChI is InChI=1S/C15H18Cl2O/c1-9-6-7-11(8-10(9)2)15(18)12-4-3-5-13(16)14(12)17/h3-5,9-11H,6-8H2,1-2H3. The minimum absolute atomic E-state index is 0.104. The normalized spacial score (nSPS) is 28.1. The average Bonchev–Trinajstić information content (AvgIpc) is 2.35. The first-order chi connectivity index (χ1) is 8.50. The monoisotopic (exact) mass is 284 g/mol. The SMILES string of the molecule is CC1CCC(C(=O)c2cccc(Cl)c2Cl)CC1C. The van der Waals surface area contributed by atoms with Gasteiger partial charge in [-0.2, -0.15) is 0 Å². The van der Waals surface area contributed by atoms with Crippen molar-refractivity contribution >= 4 is 29.0 Å². The van der Waals surface area contributed by atoms with Crippen molar-refractivity contribution < 1.29 is 4.79 Å². The van der Waals surface area contributed by atoms with Crippen LogP contribution in [0, 0.1) is 17.8 Å². The third-order valence-electron chi connectivity index (χ3n) is 4.19. The fourth-order valence-corrected chi connectivity index (χ4v) is 3.09.